The van der Waals surface area contributed by atoms with Gasteiger partial charge in [-0.15, -0.1) is 11.8 Å². The zero-order chi connectivity index (χ0) is 11.8. The van der Waals surface area contributed by atoms with Crippen LogP contribution in [0.1, 0.15) is 33.6 Å². The Hall–Kier alpha value is -0.710. The SMILES string of the molecule is CCOC(=O)C(CC)SC(CC)C(=O)O. The Bertz CT molecular complexity index is 217. The third-order valence-corrected chi connectivity index (χ3v) is 3.61. The van der Waals surface area contributed by atoms with Gasteiger partial charge < -0.3 is 9.84 Å². The minimum absolute atomic E-state index is 0.315. The fourth-order valence-electron chi connectivity index (χ4n) is 1.08. The summed E-state index contributed by atoms with van der Waals surface area (Å²) in [6.07, 6.45) is 1.10. The Balaban J connectivity index is 4.29. The number of carboxylic acid groups (broad SMARTS) is 1. The smallest absolute Gasteiger partial charge is 0.319 e. The fraction of sp³-hybridized carbons (Fsp3) is 0.800. The highest BCUT2D eigenvalue weighted by atomic mass is 32.2. The topological polar surface area (TPSA) is 63.6 Å². The number of esters is 1. The predicted molar refractivity (Wildman–Crippen MR) is 60.0 cm³/mol. The van der Waals surface area contributed by atoms with Gasteiger partial charge in [-0.25, -0.2) is 0 Å². The first-order chi connectivity index (χ1) is 7.06. The molecule has 0 aliphatic carbocycles. The Morgan fingerprint density at radius 1 is 1.20 bits per heavy atom. The zero-order valence-corrected chi connectivity index (χ0v) is 10.2. The monoisotopic (exact) mass is 234 g/mol. The Morgan fingerprint density at radius 3 is 2.07 bits per heavy atom. The van der Waals surface area contributed by atoms with E-state index in [1.165, 1.54) is 11.8 Å². The zero-order valence-electron chi connectivity index (χ0n) is 9.36. The van der Waals surface area contributed by atoms with E-state index in [0.29, 0.717) is 19.4 Å². The van der Waals surface area contributed by atoms with E-state index >= 15 is 0 Å². The van der Waals surface area contributed by atoms with Crippen molar-refractivity contribution in [2.75, 3.05) is 6.61 Å². The molecule has 2 unspecified atom stereocenters. The van der Waals surface area contributed by atoms with Crippen molar-refractivity contribution in [3.05, 3.63) is 0 Å². The van der Waals surface area contributed by atoms with Gasteiger partial charge >= 0.3 is 11.9 Å². The molecule has 0 aromatic carbocycles. The molecule has 15 heavy (non-hydrogen) atoms. The maximum Gasteiger partial charge on any atom is 0.319 e. The van der Waals surface area contributed by atoms with E-state index in [1.54, 1.807) is 13.8 Å². The summed E-state index contributed by atoms with van der Waals surface area (Å²) in [5.41, 5.74) is 0. The van der Waals surface area contributed by atoms with Gasteiger partial charge in [-0.05, 0) is 19.8 Å². The molecular weight excluding hydrogens is 216 g/mol. The van der Waals surface area contributed by atoms with Gasteiger partial charge in [0.2, 0.25) is 0 Å². The average Bonchev–Trinajstić information content (AvgIpc) is 2.19. The molecule has 0 aliphatic heterocycles. The van der Waals surface area contributed by atoms with E-state index in [2.05, 4.69) is 0 Å². The van der Waals surface area contributed by atoms with E-state index < -0.39 is 11.2 Å². The molecule has 4 nitrogen and oxygen atoms in total. The van der Waals surface area contributed by atoms with Gasteiger partial charge in [0, 0.05) is 0 Å². The van der Waals surface area contributed by atoms with E-state index in [4.69, 9.17) is 9.84 Å². The highest BCUT2D eigenvalue weighted by molar-refractivity contribution is 8.01. The second kappa shape index (κ2) is 7.56. The minimum Gasteiger partial charge on any atom is -0.480 e. The van der Waals surface area contributed by atoms with Crippen molar-refractivity contribution in [3.8, 4) is 0 Å². The van der Waals surface area contributed by atoms with Crippen LogP contribution in [0.15, 0.2) is 0 Å². The van der Waals surface area contributed by atoms with Gasteiger partial charge in [-0.1, -0.05) is 13.8 Å². The van der Waals surface area contributed by atoms with E-state index in [-0.39, 0.29) is 11.2 Å². The maximum atomic E-state index is 11.4. The van der Waals surface area contributed by atoms with Crippen molar-refractivity contribution >= 4 is 23.7 Å². The Labute approximate surface area is 94.4 Å². The number of carbonyl (C=O) groups excluding carboxylic acids is 1. The van der Waals surface area contributed by atoms with Crippen molar-refractivity contribution < 1.29 is 19.4 Å². The third kappa shape index (κ3) is 5.06. The number of carboxylic acids is 1. The number of thioether (sulfide) groups is 1. The van der Waals surface area contributed by atoms with Crippen LogP contribution < -0.4 is 0 Å². The van der Waals surface area contributed by atoms with Crippen LogP contribution >= 0.6 is 11.8 Å². The summed E-state index contributed by atoms with van der Waals surface area (Å²) in [7, 11) is 0. The molecule has 0 heterocycles. The lowest BCUT2D eigenvalue weighted by Gasteiger charge is -2.16. The predicted octanol–water partition coefficient (Wildman–Crippen LogP) is 1.92. The molecule has 88 valence electrons. The number of aliphatic carboxylic acids is 1. The first-order valence-electron chi connectivity index (χ1n) is 5.11. The molecule has 0 amide bonds. The van der Waals surface area contributed by atoms with Crippen LogP contribution in [0.2, 0.25) is 0 Å². The molecule has 0 bridgehead atoms. The van der Waals surface area contributed by atoms with Crippen LogP contribution in [0.3, 0.4) is 0 Å². The number of hydrogen-bond donors (Lipinski definition) is 1. The quantitative estimate of drug-likeness (QED) is 0.682. The average molecular weight is 234 g/mol. The lowest BCUT2D eigenvalue weighted by Crippen LogP contribution is -2.26. The third-order valence-electron chi connectivity index (χ3n) is 1.90. The largest absolute Gasteiger partial charge is 0.480 e. The summed E-state index contributed by atoms with van der Waals surface area (Å²) in [5, 5.41) is 7.96. The molecule has 0 aliphatic rings. The molecule has 0 saturated carbocycles. The molecule has 0 spiro atoms. The first-order valence-corrected chi connectivity index (χ1v) is 6.05. The summed E-state index contributed by atoms with van der Waals surface area (Å²) in [6, 6.07) is 0. The maximum absolute atomic E-state index is 11.4. The fourth-order valence-corrected chi connectivity index (χ4v) is 2.16. The number of hydrogen-bond acceptors (Lipinski definition) is 4. The van der Waals surface area contributed by atoms with E-state index in [0.717, 1.165) is 0 Å². The van der Waals surface area contributed by atoms with Crippen molar-refractivity contribution in [2.24, 2.45) is 0 Å². The minimum atomic E-state index is -0.870. The number of ether oxygens (including phenoxy) is 1. The summed E-state index contributed by atoms with van der Waals surface area (Å²) in [5.74, 6) is -1.19. The molecule has 2 atom stereocenters. The molecule has 0 aromatic rings. The molecular formula is C10H18O4S. The molecule has 0 rings (SSSR count). The van der Waals surface area contributed by atoms with Crippen molar-refractivity contribution in [3.63, 3.8) is 0 Å². The van der Waals surface area contributed by atoms with E-state index in [1.807, 2.05) is 6.92 Å². The normalized spacial score (nSPS) is 14.3. The van der Waals surface area contributed by atoms with E-state index in [9.17, 15) is 9.59 Å². The highest BCUT2D eigenvalue weighted by Gasteiger charge is 2.26. The summed E-state index contributed by atoms with van der Waals surface area (Å²) in [6.45, 7) is 5.72. The first kappa shape index (κ1) is 14.3. The molecule has 5 heteroatoms. The second-order valence-electron chi connectivity index (χ2n) is 3.02. The number of carbonyl (C=O) groups is 2. The van der Waals surface area contributed by atoms with Gasteiger partial charge in [0.25, 0.3) is 0 Å². The number of rotatable bonds is 7. The lowest BCUT2D eigenvalue weighted by atomic mass is 10.3. The van der Waals surface area contributed by atoms with Crippen LogP contribution in [0.5, 0.6) is 0 Å². The lowest BCUT2D eigenvalue weighted by molar-refractivity contribution is -0.142. The second-order valence-corrected chi connectivity index (χ2v) is 4.43. The van der Waals surface area contributed by atoms with Crippen LogP contribution in [-0.4, -0.2) is 34.2 Å². The Morgan fingerprint density at radius 2 is 1.73 bits per heavy atom. The van der Waals surface area contributed by atoms with Crippen LogP contribution in [0.25, 0.3) is 0 Å². The molecule has 0 aromatic heterocycles. The standard InChI is InChI=1S/C10H18O4S/c1-4-7(9(11)12)15-8(5-2)10(13)14-6-3/h7-8H,4-6H2,1-3H3,(H,11,12). The molecule has 0 radical (unpaired) electrons. The van der Waals surface area contributed by atoms with Gasteiger partial charge in [-0.3, -0.25) is 9.59 Å². The molecule has 1 N–H and O–H groups in total. The van der Waals surface area contributed by atoms with Crippen LogP contribution in [0.4, 0.5) is 0 Å². The molecule has 0 fully saturated rings. The van der Waals surface area contributed by atoms with Crippen molar-refractivity contribution in [1.29, 1.82) is 0 Å². The van der Waals surface area contributed by atoms with Gasteiger partial charge in [0.05, 0.1) is 6.61 Å². The highest BCUT2D eigenvalue weighted by Crippen LogP contribution is 2.24. The van der Waals surface area contributed by atoms with Gasteiger partial charge in [0.15, 0.2) is 0 Å². The van der Waals surface area contributed by atoms with Crippen molar-refractivity contribution in [1.82, 2.24) is 0 Å². The summed E-state index contributed by atoms with van der Waals surface area (Å²) >= 11 is 1.17. The Kier molecular flexibility index (Phi) is 7.21. The summed E-state index contributed by atoms with van der Waals surface area (Å²) < 4.78 is 4.87. The molecule has 0 saturated heterocycles. The van der Waals surface area contributed by atoms with Crippen LogP contribution in [-0.2, 0) is 14.3 Å². The van der Waals surface area contributed by atoms with Crippen LogP contribution in [0, 0.1) is 0 Å². The van der Waals surface area contributed by atoms with Gasteiger partial charge in [-0.2, -0.15) is 0 Å². The van der Waals surface area contributed by atoms with Crippen molar-refractivity contribution in [2.45, 2.75) is 44.1 Å². The van der Waals surface area contributed by atoms with Gasteiger partial charge in [0.1, 0.15) is 10.5 Å². The summed E-state index contributed by atoms with van der Waals surface area (Å²) in [4.78, 5) is 22.2.